The van der Waals surface area contributed by atoms with Gasteiger partial charge >= 0.3 is 0 Å². The average Bonchev–Trinajstić information content (AvgIpc) is 3.37. The summed E-state index contributed by atoms with van der Waals surface area (Å²) >= 11 is 0. The molecule has 10 nitrogen and oxygen atoms in total. The maximum atomic E-state index is 12.3. The minimum Gasteiger partial charge on any atom is -0.347 e. The van der Waals surface area contributed by atoms with Crippen LogP contribution < -0.4 is 5.32 Å². The first-order valence-electron chi connectivity index (χ1n) is 10.1. The molecule has 2 heterocycles. The lowest BCUT2D eigenvalue weighted by Crippen LogP contribution is -2.23. The molecule has 2 aromatic heterocycles. The van der Waals surface area contributed by atoms with Crippen molar-refractivity contribution >= 4 is 15.7 Å². The first kappa shape index (κ1) is 22.6. The number of aromatic nitrogens is 6. The van der Waals surface area contributed by atoms with E-state index in [1.165, 1.54) is 6.26 Å². The molecule has 0 atom stereocenters. The third-order valence-corrected chi connectivity index (χ3v) is 5.59. The normalized spacial score (nSPS) is 11.5. The molecule has 166 valence electrons. The minimum atomic E-state index is -3.01. The molecule has 0 aliphatic heterocycles. The van der Waals surface area contributed by atoms with Gasteiger partial charge in [0.1, 0.15) is 9.84 Å². The molecule has 0 aliphatic carbocycles. The molecule has 0 aliphatic rings. The van der Waals surface area contributed by atoms with Gasteiger partial charge in [-0.2, -0.15) is 0 Å². The molecule has 0 bridgehead atoms. The number of carbonyl (C=O) groups excluding carboxylic acids is 1. The Morgan fingerprint density at radius 1 is 1.06 bits per heavy atom. The van der Waals surface area contributed by atoms with Gasteiger partial charge in [0.25, 0.3) is 5.91 Å². The van der Waals surface area contributed by atoms with Crippen LogP contribution in [0.2, 0.25) is 0 Å². The van der Waals surface area contributed by atoms with Crippen molar-refractivity contribution in [3.63, 3.8) is 0 Å². The summed E-state index contributed by atoms with van der Waals surface area (Å²) in [5, 5.41) is 18.8. The third-order valence-electron chi connectivity index (χ3n) is 4.65. The highest BCUT2D eigenvalue weighted by atomic mass is 32.2. The maximum Gasteiger partial charge on any atom is 0.273 e. The molecule has 3 aromatic rings. The molecule has 0 saturated carbocycles. The van der Waals surface area contributed by atoms with Gasteiger partial charge in [0.2, 0.25) is 0 Å². The first-order chi connectivity index (χ1) is 14.8. The lowest BCUT2D eigenvalue weighted by atomic mass is 10.1. The summed E-state index contributed by atoms with van der Waals surface area (Å²) in [6.07, 6.45) is 6.66. The van der Waals surface area contributed by atoms with Gasteiger partial charge in [0.15, 0.2) is 5.69 Å². The summed E-state index contributed by atoms with van der Waals surface area (Å²) in [6.45, 7) is 3.76. The van der Waals surface area contributed by atoms with Crippen molar-refractivity contribution in [1.82, 2.24) is 35.3 Å². The quantitative estimate of drug-likeness (QED) is 0.439. The fraction of sp³-hybridized carbons (Fsp3) is 0.450. The van der Waals surface area contributed by atoms with Crippen LogP contribution in [0.3, 0.4) is 0 Å². The van der Waals surface area contributed by atoms with Gasteiger partial charge in [-0.25, -0.2) is 8.42 Å². The lowest BCUT2D eigenvalue weighted by Gasteiger charge is -2.04. The number of hydrogen-bond donors (Lipinski definition) is 1. The standard InChI is InChI=1S/C20H27N7O3S/c1-16-6-5-7-17(12-16)13-21-20(28)19-15-27(25-23-19)10-4-3-9-26-14-18(22-24-26)8-11-31(2,29)30/h5-7,12,14-15H,3-4,8-11,13H2,1-2H3,(H,21,28). The first-order valence-corrected chi connectivity index (χ1v) is 12.2. The zero-order valence-corrected chi connectivity index (χ0v) is 18.5. The third kappa shape index (κ3) is 7.59. The average molecular weight is 446 g/mol. The number of benzene rings is 1. The zero-order valence-electron chi connectivity index (χ0n) is 17.7. The van der Waals surface area contributed by atoms with E-state index in [2.05, 4.69) is 25.9 Å². The number of rotatable bonds is 11. The van der Waals surface area contributed by atoms with Crippen molar-refractivity contribution < 1.29 is 13.2 Å². The van der Waals surface area contributed by atoms with E-state index in [4.69, 9.17) is 0 Å². The Hall–Kier alpha value is -3.08. The van der Waals surface area contributed by atoms with E-state index in [-0.39, 0.29) is 11.7 Å². The predicted molar refractivity (Wildman–Crippen MR) is 115 cm³/mol. The van der Waals surface area contributed by atoms with Gasteiger partial charge in [-0.05, 0) is 25.3 Å². The summed E-state index contributed by atoms with van der Waals surface area (Å²) in [5.41, 5.74) is 3.14. The van der Waals surface area contributed by atoms with Gasteiger partial charge < -0.3 is 5.32 Å². The van der Waals surface area contributed by atoms with Crippen molar-refractivity contribution in [3.05, 3.63) is 59.2 Å². The van der Waals surface area contributed by atoms with Crippen LogP contribution in [0, 0.1) is 6.92 Å². The Morgan fingerprint density at radius 3 is 2.48 bits per heavy atom. The van der Waals surface area contributed by atoms with Crippen LogP contribution in [0.4, 0.5) is 0 Å². The number of aryl methyl sites for hydroxylation is 4. The van der Waals surface area contributed by atoms with E-state index >= 15 is 0 Å². The second-order valence-electron chi connectivity index (χ2n) is 7.60. The molecule has 0 radical (unpaired) electrons. The number of sulfone groups is 1. The Morgan fingerprint density at radius 2 is 1.77 bits per heavy atom. The Labute approximate surface area is 181 Å². The summed E-state index contributed by atoms with van der Waals surface area (Å²) in [6, 6.07) is 7.97. The van der Waals surface area contributed by atoms with Crippen molar-refractivity contribution in [2.24, 2.45) is 0 Å². The van der Waals surface area contributed by atoms with Crippen LogP contribution in [0.1, 0.15) is 40.2 Å². The second-order valence-corrected chi connectivity index (χ2v) is 9.86. The number of nitrogens with one attached hydrogen (secondary N) is 1. The smallest absolute Gasteiger partial charge is 0.273 e. The molecule has 0 spiro atoms. The largest absolute Gasteiger partial charge is 0.347 e. The molecule has 11 heteroatoms. The van der Waals surface area contributed by atoms with E-state index < -0.39 is 9.84 Å². The van der Waals surface area contributed by atoms with Crippen LogP contribution in [0.15, 0.2) is 36.7 Å². The molecular formula is C20H27N7O3S. The van der Waals surface area contributed by atoms with Gasteiger partial charge in [-0.3, -0.25) is 14.2 Å². The van der Waals surface area contributed by atoms with Crippen LogP contribution >= 0.6 is 0 Å². The van der Waals surface area contributed by atoms with E-state index in [1.807, 2.05) is 31.2 Å². The number of unbranched alkanes of at least 4 members (excludes halogenated alkanes) is 1. The molecule has 3 rings (SSSR count). The van der Waals surface area contributed by atoms with Crippen LogP contribution in [0.5, 0.6) is 0 Å². The monoisotopic (exact) mass is 445 g/mol. The van der Waals surface area contributed by atoms with Crippen molar-refractivity contribution in [2.75, 3.05) is 12.0 Å². The van der Waals surface area contributed by atoms with Gasteiger partial charge in [0.05, 0.1) is 17.6 Å². The van der Waals surface area contributed by atoms with Gasteiger partial charge in [-0.1, -0.05) is 40.3 Å². The molecule has 0 fully saturated rings. The fourth-order valence-corrected chi connectivity index (χ4v) is 3.59. The number of carbonyl (C=O) groups is 1. The van der Waals surface area contributed by atoms with E-state index in [0.29, 0.717) is 37.4 Å². The van der Waals surface area contributed by atoms with Crippen LogP contribution in [-0.2, 0) is 35.9 Å². The number of hydrogen-bond acceptors (Lipinski definition) is 7. The lowest BCUT2D eigenvalue weighted by molar-refractivity contribution is 0.0945. The topological polar surface area (TPSA) is 125 Å². The van der Waals surface area contributed by atoms with Crippen molar-refractivity contribution in [1.29, 1.82) is 0 Å². The maximum absolute atomic E-state index is 12.3. The molecule has 1 aromatic carbocycles. The Balaban J connectivity index is 1.38. The Bertz CT molecular complexity index is 1120. The molecule has 0 saturated heterocycles. The molecular weight excluding hydrogens is 418 g/mol. The highest BCUT2D eigenvalue weighted by Gasteiger charge is 2.11. The molecule has 1 N–H and O–H groups in total. The number of nitrogens with zero attached hydrogens (tertiary/aromatic N) is 6. The van der Waals surface area contributed by atoms with Crippen LogP contribution in [0.25, 0.3) is 0 Å². The van der Waals surface area contributed by atoms with E-state index in [0.717, 1.165) is 24.0 Å². The summed E-state index contributed by atoms with van der Waals surface area (Å²) in [5.74, 6) is -0.184. The minimum absolute atomic E-state index is 0.0683. The van der Waals surface area contributed by atoms with Crippen LogP contribution in [-0.4, -0.2) is 56.3 Å². The Kier molecular flexibility index (Phi) is 7.50. The zero-order chi connectivity index (χ0) is 22.3. The summed E-state index contributed by atoms with van der Waals surface area (Å²) in [7, 11) is -3.01. The predicted octanol–water partition coefficient (Wildman–Crippen LogP) is 1.18. The summed E-state index contributed by atoms with van der Waals surface area (Å²) < 4.78 is 25.8. The van der Waals surface area contributed by atoms with E-state index in [1.54, 1.807) is 21.8 Å². The summed E-state index contributed by atoms with van der Waals surface area (Å²) in [4.78, 5) is 12.3. The van der Waals surface area contributed by atoms with Gasteiger partial charge in [0, 0.05) is 38.5 Å². The van der Waals surface area contributed by atoms with E-state index in [9.17, 15) is 13.2 Å². The molecule has 0 unspecified atom stereocenters. The number of amides is 1. The molecule has 1 amide bonds. The SMILES string of the molecule is Cc1cccc(CNC(=O)c2cn(CCCCn3cc(CCS(C)(=O)=O)nn3)nn2)c1. The molecule has 31 heavy (non-hydrogen) atoms. The van der Waals surface area contributed by atoms with Gasteiger partial charge in [-0.15, -0.1) is 10.2 Å². The highest BCUT2D eigenvalue weighted by Crippen LogP contribution is 2.05. The van der Waals surface area contributed by atoms with Crippen molar-refractivity contribution in [3.8, 4) is 0 Å². The second kappa shape index (κ2) is 10.3. The van der Waals surface area contributed by atoms with Crippen molar-refractivity contribution in [2.45, 2.75) is 45.8 Å². The fourth-order valence-electron chi connectivity index (χ4n) is 3.01. The highest BCUT2D eigenvalue weighted by molar-refractivity contribution is 7.90.